The molecule has 6 heteroatoms. The van der Waals surface area contributed by atoms with E-state index in [-0.39, 0.29) is 17.2 Å². The zero-order chi connectivity index (χ0) is 18.0. The van der Waals surface area contributed by atoms with Crippen molar-refractivity contribution in [2.24, 2.45) is 5.41 Å². The molecule has 3 rings (SSSR count). The standard InChI is InChI=1S/C19H24BrN3O2/c1-19(2,3)12-16(24)23-10-8-14(9-11-23)18-21-17(22-25-18)13-4-6-15(20)7-5-13/h4-7,14H,8-12H2,1-3H3. The molecule has 0 bridgehead atoms. The van der Waals surface area contributed by atoms with E-state index in [1.807, 2.05) is 29.2 Å². The second-order valence-electron chi connectivity index (χ2n) is 7.86. The van der Waals surface area contributed by atoms with Gasteiger partial charge in [0.1, 0.15) is 0 Å². The van der Waals surface area contributed by atoms with E-state index in [4.69, 9.17) is 4.52 Å². The Morgan fingerprint density at radius 2 is 1.88 bits per heavy atom. The summed E-state index contributed by atoms with van der Waals surface area (Å²) >= 11 is 3.42. The smallest absolute Gasteiger partial charge is 0.230 e. The molecule has 1 saturated heterocycles. The Kier molecular flexibility index (Phi) is 5.27. The van der Waals surface area contributed by atoms with Gasteiger partial charge in [-0.2, -0.15) is 4.98 Å². The zero-order valence-corrected chi connectivity index (χ0v) is 16.5. The van der Waals surface area contributed by atoms with Gasteiger partial charge in [0, 0.05) is 35.5 Å². The van der Waals surface area contributed by atoms with Crippen molar-refractivity contribution in [2.45, 2.75) is 46.0 Å². The molecule has 1 aromatic carbocycles. The van der Waals surface area contributed by atoms with Crippen LogP contribution in [0.2, 0.25) is 0 Å². The summed E-state index contributed by atoms with van der Waals surface area (Å²) in [6.45, 7) is 7.81. The number of halogens is 1. The number of benzene rings is 1. The van der Waals surface area contributed by atoms with Gasteiger partial charge in [-0.15, -0.1) is 0 Å². The summed E-state index contributed by atoms with van der Waals surface area (Å²) in [6.07, 6.45) is 2.33. The van der Waals surface area contributed by atoms with Crippen LogP contribution in [-0.2, 0) is 4.79 Å². The van der Waals surface area contributed by atoms with Crippen molar-refractivity contribution in [3.05, 3.63) is 34.6 Å². The highest BCUT2D eigenvalue weighted by atomic mass is 79.9. The molecule has 5 nitrogen and oxygen atoms in total. The van der Waals surface area contributed by atoms with Crippen LogP contribution in [0.4, 0.5) is 0 Å². The molecule has 0 saturated carbocycles. The van der Waals surface area contributed by atoms with Gasteiger partial charge in [-0.05, 0) is 42.5 Å². The van der Waals surface area contributed by atoms with Crippen molar-refractivity contribution in [1.29, 1.82) is 0 Å². The van der Waals surface area contributed by atoms with Crippen LogP contribution in [0.25, 0.3) is 11.4 Å². The summed E-state index contributed by atoms with van der Waals surface area (Å²) in [5.41, 5.74) is 0.969. The number of hydrogen-bond donors (Lipinski definition) is 0. The minimum absolute atomic E-state index is 0.0278. The molecule has 134 valence electrons. The topological polar surface area (TPSA) is 59.2 Å². The first-order valence-electron chi connectivity index (χ1n) is 8.69. The van der Waals surface area contributed by atoms with E-state index in [1.165, 1.54) is 0 Å². The number of rotatable bonds is 3. The minimum atomic E-state index is 0.0278. The van der Waals surface area contributed by atoms with Gasteiger partial charge >= 0.3 is 0 Å². The van der Waals surface area contributed by atoms with Crippen molar-refractivity contribution in [2.75, 3.05) is 13.1 Å². The van der Waals surface area contributed by atoms with E-state index in [0.29, 0.717) is 18.1 Å². The average molecular weight is 406 g/mol. The molecule has 0 spiro atoms. The molecule has 0 N–H and O–H groups in total. The third-order valence-corrected chi connectivity index (χ3v) is 4.95. The van der Waals surface area contributed by atoms with Crippen LogP contribution < -0.4 is 0 Å². The molecule has 0 atom stereocenters. The van der Waals surface area contributed by atoms with E-state index in [1.54, 1.807) is 0 Å². The first kappa shape index (κ1) is 18.1. The lowest BCUT2D eigenvalue weighted by Crippen LogP contribution is -2.39. The van der Waals surface area contributed by atoms with Gasteiger partial charge in [0.05, 0.1) is 0 Å². The van der Waals surface area contributed by atoms with Crippen molar-refractivity contribution in [3.8, 4) is 11.4 Å². The molecule has 2 heterocycles. The minimum Gasteiger partial charge on any atom is -0.343 e. The highest BCUT2D eigenvalue weighted by Gasteiger charge is 2.29. The zero-order valence-electron chi connectivity index (χ0n) is 15.0. The van der Waals surface area contributed by atoms with E-state index < -0.39 is 0 Å². The molecule has 25 heavy (non-hydrogen) atoms. The molecule has 2 aromatic rings. The number of likely N-dealkylation sites (tertiary alicyclic amines) is 1. The van der Waals surface area contributed by atoms with Crippen molar-refractivity contribution in [1.82, 2.24) is 15.0 Å². The monoisotopic (exact) mass is 405 g/mol. The van der Waals surface area contributed by atoms with Crippen molar-refractivity contribution in [3.63, 3.8) is 0 Å². The number of carbonyl (C=O) groups is 1. The first-order chi connectivity index (χ1) is 11.8. The lowest BCUT2D eigenvalue weighted by Gasteiger charge is -2.32. The average Bonchev–Trinajstić information content (AvgIpc) is 3.04. The van der Waals surface area contributed by atoms with Gasteiger partial charge < -0.3 is 9.42 Å². The van der Waals surface area contributed by atoms with Crippen LogP contribution in [0, 0.1) is 5.41 Å². The molecular formula is C19H24BrN3O2. The van der Waals surface area contributed by atoms with Crippen LogP contribution in [0.5, 0.6) is 0 Å². The normalized spacial score (nSPS) is 16.2. The molecule has 1 aliphatic heterocycles. The lowest BCUT2D eigenvalue weighted by atomic mass is 9.90. The summed E-state index contributed by atoms with van der Waals surface area (Å²) < 4.78 is 6.51. The SMILES string of the molecule is CC(C)(C)CC(=O)N1CCC(c2nc(-c3ccc(Br)cc3)no2)CC1. The maximum Gasteiger partial charge on any atom is 0.230 e. The fourth-order valence-electron chi connectivity index (χ4n) is 3.06. The van der Waals surface area contributed by atoms with Crippen LogP contribution in [0.3, 0.4) is 0 Å². The number of amides is 1. The van der Waals surface area contributed by atoms with Crippen LogP contribution in [0.1, 0.15) is 51.8 Å². The van der Waals surface area contributed by atoms with E-state index >= 15 is 0 Å². The predicted molar refractivity (Wildman–Crippen MR) is 100 cm³/mol. The molecule has 1 fully saturated rings. The molecule has 1 aliphatic rings. The molecule has 1 amide bonds. The van der Waals surface area contributed by atoms with Crippen LogP contribution in [-0.4, -0.2) is 34.0 Å². The summed E-state index contributed by atoms with van der Waals surface area (Å²) in [5, 5.41) is 4.11. The predicted octanol–water partition coefficient (Wildman–Crippen LogP) is 4.64. The second-order valence-corrected chi connectivity index (χ2v) is 8.77. The summed E-state index contributed by atoms with van der Waals surface area (Å²) in [4.78, 5) is 18.9. The Labute approximate surface area is 156 Å². The summed E-state index contributed by atoms with van der Waals surface area (Å²) in [5.74, 6) is 1.77. The fourth-order valence-corrected chi connectivity index (χ4v) is 3.32. The van der Waals surface area contributed by atoms with Gasteiger partial charge in [-0.25, -0.2) is 0 Å². The van der Waals surface area contributed by atoms with E-state index in [9.17, 15) is 4.79 Å². The lowest BCUT2D eigenvalue weighted by molar-refractivity contribution is -0.134. The van der Waals surface area contributed by atoms with Gasteiger partial charge in [0.2, 0.25) is 17.6 Å². The Bertz CT molecular complexity index is 726. The fraction of sp³-hybridized carbons (Fsp3) is 0.526. The van der Waals surface area contributed by atoms with E-state index in [2.05, 4.69) is 46.8 Å². The molecule has 0 aliphatic carbocycles. The van der Waals surface area contributed by atoms with Gasteiger partial charge in [-0.1, -0.05) is 41.9 Å². The maximum absolute atomic E-state index is 12.3. The Morgan fingerprint density at radius 1 is 1.24 bits per heavy atom. The Morgan fingerprint density at radius 3 is 2.48 bits per heavy atom. The number of piperidine rings is 1. The van der Waals surface area contributed by atoms with Gasteiger partial charge in [-0.3, -0.25) is 4.79 Å². The Hall–Kier alpha value is -1.69. The molecular weight excluding hydrogens is 382 g/mol. The number of nitrogens with zero attached hydrogens (tertiary/aromatic N) is 3. The van der Waals surface area contributed by atoms with Gasteiger partial charge in [0.25, 0.3) is 0 Å². The summed E-state index contributed by atoms with van der Waals surface area (Å²) in [7, 11) is 0. The van der Waals surface area contributed by atoms with E-state index in [0.717, 1.165) is 36.0 Å². The number of aromatic nitrogens is 2. The molecule has 0 unspecified atom stereocenters. The van der Waals surface area contributed by atoms with Crippen molar-refractivity contribution < 1.29 is 9.32 Å². The highest BCUT2D eigenvalue weighted by molar-refractivity contribution is 9.10. The third-order valence-electron chi connectivity index (χ3n) is 4.42. The van der Waals surface area contributed by atoms with Crippen LogP contribution in [0.15, 0.2) is 33.3 Å². The van der Waals surface area contributed by atoms with Gasteiger partial charge in [0.15, 0.2) is 0 Å². The maximum atomic E-state index is 12.3. The number of carbonyl (C=O) groups excluding carboxylic acids is 1. The third kappa shape index (κ3) is 4.69. The largest absolute Gasteiger partial charge is 0.343 e. The molecule has 0 radical (unpaired) electrons. The first-order valence-corrected chi connectivity index (χ1v) is 9.48. The number of hydrogen-bond acceptors (Lipinski definition) is 4. The Balaban J connectivity index is 1.60. The van der Waals surface area contributed by atoms with Crippen LogP contribution >= 0.6 is 15.9 Å². The molecule has 1 aromatic heterocycles. The quantitative estimate of drug-likeness (QED) is 0.745. The van der Waals surface area contributed by atoms with Crippen molar-refractivity contribution >= 4 is 21.8 Å². The second kappa shape index (κ2) is 7.28. The highest BCUT2D eigenvalue weighted by Crippen LogP contribution is 2.30. The summed E-state index contributed by atoms with van der Waals surface area (Å²) in [6, 6.07) is 7.86.